The minimum atomic E-state index is -0.885. The summed E-state index contributed by atoms with van der Waals surface area (Å²) in [7, 11) is 0. The zero-order chi connectivity index (χ0) is 12.3. The maximum atomic E-state index is 12.8. The topological polar surface area (TPSA) is 89.4 Å². The van der Waals surface area contributed by atoms with Gasteiger partial charge in [0.1, 0.15) is 5.82 Å². The predicted molar refractivity (Wildman–Crippen MR) is 56.3 cm³/mol. The molecule has 16 heavy (non-hydrogen) atoms. The Morgan fingerprint density at radius 1 is 1.62 bits per heavy atom. The molecule has 0 bridgehead atoms. The number of aliphatic hydroxyl groups is 1. The highest BCUT2D eigenvalue weighted by atomic mass is 19.1. The molecule has 0 aliphatic carbocycles. The number of nitro groups is 1. The Bertz CT molecular complexity index is 398. The van der Waals surface area contributed by atoms with Gasteiger partial charge in [-0.15, -0.1) is 0 Å². The highest BCUT2D eigenvalue weighted by Gasteiger charge is 2.24. The summed E-state index contributed by atoms with van der Waals surface area (Å²) in [6.07, 6.45) is -0.514. The van der Waals surface area contributed by atoms with E-state index in [2.05, 4.69) is 0 Å². The van der Waals surface area contributed by atoms with Gasteiger partial charge >= 0.3 is 0 Å². The lowest BCUT2D eigenvalue weighted by molar-refractivity contribution is -0.386. The Kier molecular flexibility index (Phi) is 3.92. The lowest BCUT2D eigenvalue weighted by Crippen LogP contribution is -2.26. The fraction of sp³-hybridized carbons (Fsp3) is 0.400. The lowest BCUT2D eigenvalue weighted by atomic mass is 9.99. The normalized spacial score (nSPS) is 14.5. The van der Waals surface area contributed by atoms with Gasteiger partial charge in [-0.05, 0) is 18.6 Å². The van der Waals surface area contributed by atoms with E-state index in [4.69, 9.17) is 5.73 Å². The summed E-state index contributed by atoms with van der Waals surface area (Å²) in [5.41, 5.74) is 5.40. The molecule has 0 aromatic heterocycles. The monoisotopic (exact) mass is 228 g/mol. The molecule has 1 aromatic carbocycles. The van der Waals surface area contributed by atoms with Gasteiger partial charge in [0, 0.05) is 5.56 Å². The Morgan fingerprint density at radius 3 is 2.75 bits per heavy atom. The van der Waals surface area contributed by atoms with Crippen molar-refractivity contribution >= 4 is 5.69 Å². The van der Waals surface area contributed by atoms with E-state index in [0.29, 0.717) is 6.42 Å². The van der Waals surface area contributed by atoms with Gasteiger partial charge in [0.15, 0.2) is 0 Å². The highest BCUT2D eigenvalue weighted by Crippen LogP contribution is 2.27. The summed E-state index contributed by atoms with van der Waals surface area (Å²) in [5, 5.41) is 20.2. The molecular weight excluding hydrogens is 215 g/mol. The first kappa shape index (κ1) is 12.5. The van der Waals surface area contributed by atoms with Gasteiger partial charge in [-0.1, -0.05) is 6.92 Å². The van der Waals surface area contributed by atoms with E-state index in [1.54, 1.807) is 6.92 Å². The first-order valence-corrected chi connectivity index (χ1v) is 4.84. The highest BCUT2D eigenvalue weighted by molar-refractivity contribution is 5.42. The standard InChI is InChI=1S/C10H13FN2O3/c1-2-9(14)10(12)7-4-3-6(11)5-8(7)13(15)16/h3-5,9-10,14H,2,12H2,1H3/t9-,10+/m1/s1. The molecule has 0 heterocycles. The molecule has 6 heteroatoms. The molecule has 88 valence electrons. The second-order valence-electron chi connectivity index (χ2n) is 3.46. The molecule has 1 rings (SSSR count). The van der Waals surface area contributed by atoms with Crippen molar-refractivity contribution < 1.29 is 14.4 Å². The summed E-state index contributed by atoms with van der Waals surface area (Å²) < 4.78 is 12.8. The largest absolute Gasteiger partial charge is 0.391 e. The number of nitrogens with two attached hydrogens (primary N) is 1. The smallest absolute Gasteiger partial charge is 0.277 e. The van der Waals surface area contributed by atoms with Crippen molar-refractivity contribution in [2.75, 3.05) is 0 Å². The number of nitrogens with zero attached hydrogens (tertiary/aromatic N) is 1. The first-order chi connectivity index (χ1) is 7.47. The number of halogens is 1. The Morgan fingerprint density at radius 2 is 2.25 bits per heavy atom. The quantitative estimate of drug-likeness (QED) is 0.603. The van der Waals surface area contributed by atoms with E-state index in [1.165, 1.54) is 6.07 Å². The maximum Gasteiger partial charge on any atom is 0.277 e. The van der Waals surface area contributed by atoms with Crippen LogP contribution in [0.25, 0.3) is 0 Å². The molecule has 1 aromatic rings. The van der Waals surface area contributed by atoms with Gasteiger partial charge < -0.3 is 10.8 Å². The van der Waals surface area contributed by atoms with Crippen LogP contribution in [0.1, 0.15) is 24.9 Å². The predicted octanol–water partition coefficient (Wildman–Crippen LogP) is 1.50. The molecule has 0 aliphatic heterocycles. The van der Waals surface area contributed by atoms with Crippen LogP contribution >= 0.6 is 0 Å². The van der Waals surface area contributed by atoms with Gasteiger partial charge in [0.05, 0.1) is 23.1 Å². The van der Waals surface area contributed by atoms with Crippen LogP contribution in [0.2, 0.25) is 0 Å². The van der Waals surface area contributed by atoms with Crippen molar-refractivity contribution in [2.24, 2.45) is 5.73 Å². The summed E-state index contributed by atoms with van der Waals surface area (Å²) >= 11 is 0. The first-order valence-electron chi connectivity index (χ1n) is 4.84. The molecule has 2 atom stereocenters. The molecule has 5 nitrogen and oxygen atoms in total. The Balaban J connectivity index is 3.17. The average Bonchev–Trinajstić information content (AvgIpc) is 2.26. The third-order valence-corrected chi connectivity index (χ3v) is 2.38. The summed E-state index contributed by atoms with van der Waals surface area (Å²) in [6, 6.07) is 2.24. The van der Waals surface area contributed by atoms with Crippen LogP contribution < -0.4 is 5.73 Å². The molecule has 0 aliphatic rings. The molecule has 0 radical (unpaired) electrons. The van der Waals surface area contributed by atoms with Crippen molar-refractivity contribution in [1.29, 1.82) is 0 Å². The van der Waals surface area contributed by atoms with Crippen molar-refractivity contribution in [3.05, 3.63) is 39.7 Å². The van der Waals surface area contributed by atoms with E-state index >= 15 is 0 Å². The number of nitro benzene ring substituents is 1. The summed E-state index contributed by atoms with van der Waals surface area (Å²) in [4.78, 5) is 9.98. The molecule has 0 saturated heterocycles. The molecule has 0 saturated carbocycles. The van der Waals surface area contributed by atoms with E-state index in [9.17, 15) is 19.6 Å². The van der Waals surface area contributed by atoms with Crippen LogP contribution in [-0.2, 0) is 0 Å². The van der Waals surface area contributed by atoms with E-state index < -0.39 is 28.6 Å². The van der Waals surface area contributed by atoms with Gasteiger partial charge in [-0.25, -0.2) is 4.39 Å². The second kappa shape index (κ2) is 5.00. The van der Waals surface area contributed by atoms with Crippen LogP contribution in [0.5, 0.6) is 0 Å². The van der Waals surface area contributed by atoms with Crippen molar-refractivity contribution in [2.45, 2.75) is 25.5 Å². The molecule has 0 fully saturated rings. The molecule has 3 N–H and O–H groups in total. The van der Waals surface area contributed by atoms with Crippen LogP contribution in [0, 0.1) is 15.9 Å². The molecule has 0 unspecified atom stereocenters. The zero-order valence-electron chi connectivity index (χ0n) is 8.76. The number of hydrogen-bond donors (Lipinski definition) is 2. The van der Waals surface area contributed by atoms with Gasteiger partial charge in [0.2, 0.25) is 0 Å². The van der Waals surface area contributed by atoms with Gasteiger partial charge in [0.25, 0.3) is 5.69 Å². The summed E-state index contributed by atoms with van der Waals surface area (Å²) in [6.45, 7) is 1.71. The van der Waals surface area contributed by atoms with Crippen molar-refractivity contribution in [3.8, 4) is 0 Å². The van der Waals surface area contributed by atoms with Crippen molar-refractivity contribution in [1.82, 2.24) is 0 Å². The summed E-state index contributed by atoms with van der Waals surface area (Å²) in [5.74, 6) is -0.700. The number of aliphatic hydroxyl groups excluding tert-OH is 1. The number of rotatable bonds is 4. The van der Waals surface area contributed by atoms with E-state index in [-0.39, 0.29) is 5.56 Å². The lowest BCUT2D eigenvalue weighted by Gasteiger charge is -2.17. The van der Waals surface area contributed by atoms with Crippen molar-refractivity contribution in [3.63, 3.8) is 0 Å². The van der Waals surface area contributed by atoms with Crippen LogP contribution in [0.3, 0.4) is 0 Å². The van der Waals surface area contributed by atoms with Crippen LogP contribution in [0.15, 0.2) is 18.2 Å². The molecule has 0 amide bonds. The number of benzene rings is 1. The third-order valence-electron chi connectivity index (χ3n) is 2.38. The fourth-order valence-electron chi connectivity index (χ4n) is 1.42. The second-order valence-corrected chi connectivity index (χ2v) is 3.46. The minimum Gasteiger partial charge on any atom is -0.391 e. The van der Waals surface area contributed by atoms with Gasteiger partial charge in [-0.2, -0.15) is 0 Å². The zero-order valence-corrected chi connectivity index (χ0v) is 8.76. The average molecular weight is 228 g/mol. The Labute approximate surface area is 91.8 Å². The van der Waals surface area contributed by atoms with Crippen LogP contribution in [-0.4, -0.2) is 16.1 Å². The Hall–Kier alpha value is -1.53. The molecule has 0 spiro atoms. The maximum absolute atomic E-state index is 12.8. The van der Waals surface area contributed by atoms with Crippen LogP contribution in [0.4, 0.5) is 10.1 Å². The number of hydrogen-bond acceptors (Lipinski definition) is 4. The molecular formula is C10H13FN2O3. The fourth-order valence-corrected chi connectivity index (χ4v) is 1.42. The third kappa shape index (κ3) is 2.53. The minimum absolute atomic E-state index is 0.140. The van der Waals surface area contributed by atoms with E-state index in [1.807, 2.05) is 0 Å². The van der Waals surface area contributed by atoms with Gasteiger partial charge in [-0.3, -0.25) is 10.1 Å². The van der Waals surface area contributed by atoms with E-state index in [0.717, 1.165) is 12.1 Å². The SMILES string of the molecule is CC[C@@H](O)[C@@H](N)c1ccc(F)cc1[N+](=O)[O-].